The van der Waals surface area contributed by atoms with E-state index in [1.165, 1.54) is 5.56 Å². The van der Waals surface area contributed by atoms with E-state index < -0.39 is 0 Å². The van der Waals surface area contributed by atoms with Crippen molar-refractivity contribution in [3.05, 3.63) is 69.3 Å². The molecule has 0 amide bonds. The molecule has 3 aromatic rings. The molecule has 0 unspecified atom stereocenters. The highest BCUT2D eigenvalue weighted by molar-refractivity contribution is 7.13. The average molecular weight is 307 g/mol. The van der Waals surface area contributed by atoms with E-state index in [9.17, 15) is 9.59 Å². The van der Waals surface area contributed by atoms with Gasteiger partial charge in [0.2, 0.25) is 0 Å². The second kappa shape index (κ2) is 5.07. The molecule has 108 valence electrons. The van der Waals surface area contributed by atoms with Gasteiger partial charge >= 0.3 is 0 Å². The third-order valence-electron chi connectivity index (χ3n) is 4.10. The highest BCUT2D eigenvalue weighted by Gasteiger charge is 2.23. The number of pyridine rings is 1. The van der Waals surface area contributed by atoms with Gasteiger partial charge in [0.1, 0.15) is 0 Å². The number of rotatable bonds is 2. The van der Waals surface area contributed by atoms with E-state index in [0.717, 1.165) is 28.8 Å². The number of thiophene rings is 1. The van der Waals surface area contributed by atoms with Gasteiger partial charge < -0.3 is 4.57 Å². The number of aryl methyl sites for hydroxylation is 1. The number of aldehydes is 1. The molecule has 3 nitrogen and oxygen atoms in total. The number of hydrogen-bond donors (Lipinski definition) is 0. The Balaban J connectivity index is 2.05. The van der Waals surface area contributed by atoms with E-state index in [1.54, 1.807) is 22.0 Å². The molecule has 1 aliphatic heterocycles. The van der Waals surface area contributed by atoms with Crippen molar-refractivity contribution in [1.82, 2.24) is 4.57 Å². The third-order valence-corrected chi connectivity index (χ3v) is 5.06. The molecule has 0 N–H and O–H groups in total. The predicted molar refractivity (Wildman–Crippen MR) is 88.5 cm³/mol. The van der Waals surface area contributed by atoms with Crippen LogP contribution < -0.4 is 5.56 Å². The van der Waals surface area contributed by atoms with Gasteiger partial charge in [0.05, 0.1) is 10.6 Å². The smallest absolute Gasteiger partial charge is 0.258 e. The molecule has 0 radical (unpaired) electrons. The van der Waals surface area contributed by atoms with Crippen molar-refractivity contribution in [3.8, 4) is 21.7 Å². The number of carbonyl (C=O) groups is 1. The van der Waals surface area contributed by atoms with Crippen molar-refractivity contribution >= 4 is 17.6 Å². The zero-order valence-electron chi connectivity index (χ0n) is 11.8. The van der Waals surface area contributed by atoms with Crippen LogP contribution in [0.1, 0.15) is 15.9 Å². The Morgan fingerprint density at radius 3 is 2.73 bits per heavy atom. The maximum Gasteiger partial charge on any atom is 0.258 e. The summed E-state index contributed by atoms with van der Waals surface area (Å²) in [4.78, 5) is 25.5. The van der Waals surface area contributed by atoms with Crippen LogP contribution in [0, 0.1) is 0 Å². The normalized spacial score (nSPS) is 12.5. The molecule has 2 aromatic heterocycles. The molecule has 0 bridgehead atoms. The number of carbonyl (C=O) groups excluding carboxylic acids is 1. The van der Waals surface area contributed by atoms with Crippen molar-refractivity contribution in [1.29, 1.82) is 0 Å². The van der Waals surface area contributed by atoms with Gasteiger partial charge in [-0.25, -0.2) is 0 Å². The molecule has 4 rings (SSSR count). The molecule has 0 saturated carbocycles. The van der Waals surface area contributed by atoms with Crippen LogP contribution in [0.2, 0.25) is 0 Å². The van der Waals surface area contributed by atoms with E-state index in [-0.39, 0.29) is 5.56 Å². The Labute approximate surface area is 131 Å². The molecule has 22 heavy (non-hydrogen) atoms. The molecule has 3 heterocycles. The first-order chi connectivity index (χ1) is 10.8. The Kier molecular flexibility index (Phi) is 3.05. The molecular formula is C18H13NO2S. The second-order valence-electron chi connectivity index (χ2n) is 5.33. The molecule has 0 saturated heterocycles. The van der Waals surface area contributed by atoms with Crippen molar-refractivity contribution in [2.45, 2.75) is 13.0 Å². The Morgan fingerprint density at radius 1 is 1.14 bits per heavy atom. The van der Waals surface area contributed by atoms with Crippen LogP contribution in [0.3, 0.4) is 0 Å². The molecule has 4 heteroatoms. The van der Waals surface area contributed by atoms with Gasteiger partial charge in [0.25, 0.3) is 5.56 Å². The highest BCUT2D eigenvalue weighted by Crippen LogP contribution is 2.36. The first-order valence-electron chi connectivity index (χ1n) is 7.15. The maximum absolute atomic E-state index is 12.9. The summed E-state index contributed by atoms with van der Waals surface area (Å²) in [5.74, 6) is 0. The summed E-state index contributed by atoms with van der Waals surface area (Å²) in [6.45, 7) is 0.624. The number of nitrogens with zero attached hydrogens (tertiary/aromatic N) is 1. The molecular weight excluding hydrogens is 294 g/mol. The van der Waals surface area contributed by atoms with Crippen molar-refractivity contribution < 1.29 is 4.79 Å². The topological polar surface area (TPSA) is 39.1 Å². The van der Waals surface area contributed by atoms with Gasteiger partial charge in [-0.15, -0.1) is 11.3 Å². The van der Waals surface area contributed by atoms with Crippen LogP contribution in [-0.4, -0.2) is 10.9 Å². The monoisotopic (exact) mass is 307 g/mol. The van der Waals surface area contributed by atoms with Crippen LogP contribution in [0.15, 0.2) is 52.6 Å². The van der Waals surface area contributed by atoms with Gasteiger partial charge in [-0.1, -0.05) is 30.3 Å². The lowest BCUT2D eigenvalue weighted by molar-refractivity contribution is 0.112. The standard InChI is InChI=1S/C18H13NO2S/c20-11-14-10-15(12-4-2-1-3-5-12)18(21)19-8-6-13-7-9-22-17(13)16(14)19/h1-5,7,9-11H,6,8H2. The fourth-order valence-corrected chi connectivity index (χ4v) is 4.07. The molecule has 0 fully saturated rings. The Hall–Kier alpha value is -2.46. The minimum Gasteiger partial charge on any atom is -0.306 e. The van der Waals surface area contributed by atoms with Crippen molar-refractivity contribution in [3.63, 3.8) is 0 Å². The number of fused-ring (bicyclic) bond motifs is 3. The fraction of sp³-hybridized carbons (Fsp3) is 0.111. The molecule has 1 aliphatic rings. The summed E-state index contributed by atoms with van der Waals surface area (Å²) in [6.07, 6.45) is 1.69. The van der Waals surface area contributed by atoms with E-state index in [4.69, 9.17) is 0 Å². The van der Waals surface area contributed by atoms with E-state index >= 15 is 0 Å². The third kappa shape index (κ3) is 1.88. The van der Waals surface area contributed by atoms with Crippen LogP contribution in [0.4, 0.5) is 0 Å². The molecule has 0 atom stereocenters. The zero-order valence-corrected chi connectivity index (χ0v) is 12.6. The maximum atomic E-state index is 12.9. The summed E-state index contributed by atoms with van der Waals surface area (Å²) < 4.78 is 1.75. The van der Waals surface area contributed by atoms with Crippen LogP contribution >= 0.6 is 11.3 Å². The summed E-state index contributed by atoms with van der Waals surface area (Å²) in [5, 5.41) is 2.02. The average Bonchev–Trinajstić information content (AvgIpc) is 3.05. The number of benzene rings is 1. The first kappa shape index (κ1) is 13.2. The zero-order chi connectivity index (χ0) is 15.1. The van der Waals surface area contributed by atoms with Crippen LogP contribution in [0.5, 0.6) is 0 Å². The van der Waals surface area contributed by atoms with Crippen LogP contribution in [-0.2, 0) is 13.0 Å². The van der Waals surface area contributed by atoms with Crippen molar-refractivity contribution in [2.75, 3.05) is 0 Å². The minimum absolute atomic E-state index is 0.0224. The van der Waals surface area contributed by atoms with Gasteiger partial charge in [-0.3, -0.25) is 9.59 Å². The summed E-state index contributed by atoms with van der Waals surface area (Å²) in [7, 11) is 0. The molecule has 0 aliphatic carbocycles. The van der Waals surface area contributed by atoms with Gasteiger partial charge in [-0.2, -0.15) is 0 Å². The molecule has 1 aromatic carbocycles. The van der Waals surface area contributed by atoms with E-state index in [0.29, 0.717) is 17.7 Å². The molecule has 0 spiro atoms. The van der Waals surface area contributed by atoms with Gasteiger partial charge in [0.15, 0.2) is 6.29 Å². The number of hydrogen-bond acceptors (Lipinski definition) is 3. The summed E-state index contributed by atoms with van der Waals surface area (Å²) >= 11 is 1.59. The Bertz CT molecular complexity index is 922. The SMILES string of the molecule is O=Cc1cc(-c2ccccc2)c(=O)n2c1-c1sccc1CC2. The fourth-order valence-electron chi connectivity index (χ4n) is 3.04. The number of aromatic nitrogens is 1. The second-order valence-corrected chi connectivity index (χ2v) is 6.24. The first-order valence-corrected chi connectivity index (χ1v) is 8.03. The lowest BCUT2D eigenvalue weighted by Gasteiger charge is -2.21. The van der Waals surface area contributed by atoms with Crippen molar-refractivity contribution in [2.24, 2.45) is 0 Å². The lowest BCUT2D eigenvalue weighted by Crippen LogP contribution is -2.28. The lowest BCUT2D eigenvalue weighted by atomic mass is 9.99. The van der Waals surface area contributed by atoms with Gasteiger partial charge in [0, 0.05) is 17.7 Å². The summed E-state index contributed by atoms with van der Waals surface area (Å²) in [5.41, 5.74) is 4.00. The Morgan fingerprint density at radius 2 is 1.95 bits per heavy atom. The van der Waals surface area contributed by atoms with Gasteiger partial charge in [-0.05, 0) is 35.1 Å². The van der Waals surface area contributed by atoms with E-state index in [1.807, 2.05) is 35.7 Å². The largest absolute Gasteiger partial charge is 0.306 e. The minimum atomic E-state index is -0.0224. The van der Waals surface area contributed by atoms with Crippen LogP contribution in [0.25, 0.3) is 21.7 Å². The quantitative estimate of drug-likeness (QED) is 0.678. The summed E-state index contributed by atoms with van der Waals surface area (Å²) in [6, 6.07) is 13.3. The highest BCUT2D eigenvalue weighted by atomic mass is 32.1. The van der Waals surface area contributed by atoms with E-state index in [2.05, 4.69) is 6.07 Å². The predicted octanol–water partition coefficient (Wildman–Crippen LogP) is 3.61.